The molecule has 1 unspecified atom stereocenters. The second-order valence-corrected chi connectivity index (χ2v) is 6.73. The van der Waals surface area contributed by atoms with Crippen LogP contribution in [0.5, 0.6) is 0 Å². The summed E-state index contributed by atoms with van der Waals surface area (Å²) in [5, 5.41) is 6.94. The molecule has 5 nitrogen and oxygen atoms in total. The Hall–Kier alpha value is -1.30. The van der Waals surface area contributed by atoms with E-state index in [1.807, 2.05) is 0 Å². The molecule has 2 amide bonds. The number of hydrogen-bond acceptors (Lipinski definition) is 3. The van der Waals surface area contributed by atoms with Crippen LogP contribution >= 0.6 is 23.2 Å². The quantitative estimate of drug-likeness (QED) is 0.724. The van der Waals surface area contributed by atoms with E-state index in [-0.39, 0.29) is 11.8 Å². The first-order chi connectivity index (χ1) is 11.5. The first-order valence-corrected chi connectivity index (χ1v) is 9.04. The Balaban J connectivity index is 1.96. The summed E-state index contributed by atoms with van der Waals surface area (Å²) in [6.45, 7) is 4.87. The molecule has 24 heavy (non-hydrogen) atoms. The van der Waals surface area contributed by atoms with Crippen molar-refractivity contribution < 1.29 is 9.59 Å². The maximum absolute atomic E-state index is 12.7. The lowest BCUT2D eigenvalue weighted by Gasteiger charge is -2.24. The maximum Gasteiger partial charge on any atom is 0.254 e. The minimum atomic E-state index is -0.429. The number of likely N-dealkylation sites (tertiary alicyclic amines) is 1. The highest BCUT2D eigenvalue weighted by Crippen LogP contribution is 2.24. The van der Waals surface area contributed by atoms with Gasteiger partial charge in [-0.25, -0.2) is 0 Å². The number of carbonyl (C=O) groups excluding carboxylic acids is 2. The van der Waals surface area contributed by atoms with Gasteiger partial charge >= 0.3 is 0 Å². The minimum absolute atomic E-state index is 0.104. The highest BCUT2D eigenvalue weighted by molar-refractivity contribution is 6.35. The van der Waals surface area contributed by atoms with Gasteiger partial charge in [0.05, 0.1) is 0 Å². The monoisotopic (exact) mass is 371 g/mol. The summed E-state index contributed by atoms with van der Waals surface area (Å²) in [7, 11) is 0. The van der Waals surface area contributed by atoms with Crippen molar-refractivity contribution in [3.05, 3.63) is 33.8 Å². The molecule has 1 heterocycles. The van der Waals surface area contributed by atoms with Crippen LogP contribution in [-0.4, -0.2) is 48.9 Å². The van der Waals surface area contributed by atoms with Gasteiger partial charge in [-0.05, 0) is 44.0 Å². The Bertz CT molecular complexity index is 575. The molecule has 1 aromatic carbocycles. The fourth-order valence-electron chi connectivity index (χ4n) is 2.82. The van der Waals surface area contributed by atoms with Crippen LogP contribution in [0, 0.1) is 0 Å². The lowest BCUT2D eigenvalue weighted by atomic mass is 10.1. The first kappa shape index (κ1) is 19.0. The molecule has 132 valence electrons. The average Bonchev–Trinajstić information content (AvgIpc) is 3.02. The summed E-state index contributed by atoms with van der Waals surface area (Å²) in [5.41, 5.74) is 0.414. The molecule has 1 saturated heterocycles. The molecule has 0 spiro atoms. The van der Waals surface area contributed by atoms with Gasteiger partial charge in [0, 0.05) is 35.2 Å². The molecule has 0 radical (unpaired) electrons. The highest BCUT2D eigenvalue weighted by Gasteiger charge is 2.34. The van der Waals surface area contributed by atoms with Crippen LogP contribution in [0.15, 0.2) is 18.2 Å². The molecule has 7 heteroatoms. The number of nitrogens with one attached hydrogen (secondary N) is 2. The molecule has 1 aliphatic heterocycles. The fraction of sp³-hybridized carbons (Fsp3) is 0.529. The van der Waals surface area contributed by atoms with Gasteiger partial charge in [0.15, 0.2) is 0 Å². The zero-order chi connectivity index (χ0) is 17.5. The van der Waals surface area contributed by atoms with Crippen LogP contribution in [0.3, 0.4) is 0 Å². The van der Waals surface area contributed by atoms with Crippen LogP contribution in [0.4, 0.5) is 0 Å². The van der Waals surface area contributed by atoms with Crippen molar-refractivity contribution in [3.8, 4) is 0 Å². The van der Waals surface area contributed by atoms with Gasteiger partial charge in [0.2, 0.25) is 5.91 Å². The van der Waals surface area contributed by atoms with E-state index in [1.165, 1.54) is 0 Å². The molecular formula is C17H23Cl2N3O2. The summed E-state index contributed by atoms with van der Waals surface area (Å²) in [4.78, 5) is 26.7. The van der Waals surface area contributed by atoms with E-state index in [0.29, 0.717) is 35.1 Å². The Morgan fingerprint density at radius 1 is 1.17 bits per heavy atom. The summed E-state index contributed by atoms with van der Waals surface area (Å²) in [6.07, 6.45) is 2.54. The van der Waals surface area contributed by atoms with Gasteiger partial charge in [-0.3, -0.25) is 9.59 Å². The molecule has 1 aromatic rings. The third-order valence-corrected chi connectivity index (χ3v) is 4.39. The Kier molecular flexibility index (Phi) is 7.34. The predicted molar refractivity (Wildman–Crippen MR) is 96.7 cm³/mol. The topological polar surface area (TPSA) is 61.4 Å². The molecule has 1 aliphatic rings. The number of rotatable bonds is 7. The van der Waals surface area contributed by atoms with E-state index in [2.05, 4.69) is 17.6 Å². The van der Waals surface area contributed by atoms with Crippen LogP contribution in [0.1, 0.15) is 36.5 Å². The van der Waals surface area contributed by atoms with E-state index >= 15 is 0 Å². The lowest BCUT2D eigenvalue weighted by Crippen LogP contribution is -2.47. The smallest absolute Gasteiger partial charge is 0.254 e. The second-order valence-electron chi connectivity index (χ2n) is 5.86. The second kappa shape index (κ2) is 9.25. The molecule has 2 rings (SSSR count). The van der Waals surface area contributed by atoms with E-state index in [9.17, 15) is 9.59 Å². The number of nitrogens with zero attached hydrogens (tertiary/aromatic N) is 1. The third-order valence-electron chi connectivity index (χ3n) is 3.95. The normalized spacial score (nSPS) is 17.1. The van der Waals surface area contributed by atoms with E-state index in [4.69, 9.17) is 23.2 Å². The highest BCUT2D eigenvalue weighted by atomic mass is 35.5. The van der Waals surface area contributed by atoms with Crippen LogP contribution in [-0.2, 0) is 4.79 Å². The molecule has 0 aromatic heterocycles. The van der Waals surface area contributed by atoms with Crippen molar-refractivity contribution in [2.24, 2.45) is 0 Å². The van der Waals surface area contributed by atoms with Crippen LogP contribution in [0.25, 0.3) is 0 Å². The number of amides is 2. The first-order valence-electron chi connectivity index (χ1n) is 8.28. The van der Waals surface area contributed by atoms with Crippen molar-refractivity contribution in [2.75, 3.05) is 26.2 Å². The molecule has 2 N–H and O–H groups in total. The fourth-order valence-corrected chi connectivity index (χ4v) is 3.35. The zero-order valence-electron chi connectivity index (χ0n) is 13.8. The van der Waals surface area contributed by atoms with Gasteiger partial charge in [-0.2, -0.15) is 0 Å². The van der Waals surface area contributed by atoms with Crippen LogP contribution < -0.4 is 10.6 Å². The average molecular weight is 372 g/mol. The summed E-state index contributed by atoms with van der Waals surface area (Å²) in [5.74, 6) is -0.312. The van der Waals surface area contributed by atoms with Gasteiger partial charge in [0.25, 0.3) is 5.91 Å². The number of halogens is 2. The van der Waals surface area contributed by atoms with Crippen molar-refractivity contribution in [1.82, 2.24) is 15.5 Å². The van der Waals surface area contributed by atoms with E-state index in [1.54, 1.807) is 23.1 Å². The minimum Gasteiger partial charge on any atom is -0.353 e. The third kappa shape index (κ3) is 5.10. The molecule has 1 atom stereocenters. The van der Waals surface area contributed by atoms with Gasteiger partial charge in [-0.15, -0.1) is 0 Å². The molecule has 0 saturated carbocycles. The maximum atomic E-state index is 12.7. The molecular weight excluding hydrogens is 349 g/mol. The molecule has 1 fully saturated rings. The van der Waals surface area contributed by atoms with E-state index < -0.39 is 6.04 Å². The summed E-state index contributed by atoms with van der Waals surface area (Å²) < 4.78 is 0. The van der Waals surface area contributed by atoms with Crippen LogP contribution in [0.2, 0.25) is 10.0 Å². The van der Waals surface area contributed by atoms with Crippen molar-refractivity contribution in [1.29, 1.82) is 0 Å². The van der Waals surface area contributed by atoms with Gasteiger partial charge in [-0.1, -0.05) is 30.1 Å². The predicted octanol–water partition coefficient (Wildman–Crippen LogP) is 2.71. The van der Waals surface area contributed by atoms with Crippen molar-refractivity contribution >= 4 is 35.0 Å². The van der Waals surface area contributed by atoms with Crippen molar-refractivity contribution in [3.63, 3.8) is 0 Å². The summed E-state index contributed by atoms with van der Waals surface area (Å²) >= 11 is 11.9. The number of benzene rings is 1. The molecule has 0 bridgehead atoms. The Morgan fingerprint density at radius 3 is 2.54 bits per heavy atom. The Labute approximate surface area is 152 Å². The zero-order valence-corrected chi connectivity index (χ0v) is 15.3. The largest absolute Gasteiger partial charge is 0.353 e. The number of carbonyl (C=O) groups is 2. The van der Waals surface area contributed by atoms with Gasteiger partial charge in [0.1, 0.15) is 6.04 Å². The molecule has 0 aliphatic carbocycles. The van der Waals surface area contributed by atoms with Gasteiger partial charge < -0.3 is 15.5 Å². The van der Waals surface area contributed by atoms with E-state index in [0.717, 1.165) is 25.9 Å². The SMILES string of the molecule is CCCNCCNC(=O)C1CCCN1C(=O)c1cc(Cl)cc(Cl)c1. The number of hydrogen-bond donors (Lipinski definition) is 2. The summed E-state index contributed by atoms with van der Waals surface area (Å²) in [6, 6.07) is 4.31. The van der Waals surface area contributed by atoms with Crippen molar-refractivity contribution in [2.45, 2.75) is 32.2 Å². The Morgan fingerprint density at radius 2 is 1.88 bits per heavy atom. The standard InChI is InChI=1S/C17H23Cl2N3O2/c1-2-5-20-6-7-21-16(23)15-4-3-8-22(15)17(24)12-9-13(18)11-14(19)10-12/h9-11,15,20H,2-8H2,1H3,(H,21,23). The lowest BCUT2D eigenvalue weighted by molar-refractivity contribution is -0.124.